The third-order valence-corrected chi connectivity index (χ3v) is 6.00. The SMILES string of the molecule is COc1ccc(NC(=O)C(C)Sc2nc(C3CC3)nc3ccccc23)cc1Cl. The van der Waals surface area contributed by atoms with Gasteiger partial charge in [-0.05, 0) is 44.0 Å². The summed E-state index contributed by atoms with van der Waals surface area (Å²) in [6, 6.07) is 13.1. The van der Waals surface area contributed by atoms with Gasteiger partial charge in [-0.2, -0.15) is 0 Å². The molecule has 1 fully saturated rings. The van der Waals surface area contributed by atoms with Gasteiger partial charge in [0.1, 0.15) is 16.6 Å². The number of ether oxygens (including phenoxy) is 1. The monoisotopic (exact) mass is 413 g/mol. The molecule has 0 bridgehead atoms. The van der Waals surface area contributed by atoms with Crippen molar-refractivity contribution in [2.24, 2.45) is 0 Å². The van der Waals surface area contributed by atoms with Crippen molar-refractivity contribution >= 4 is 45.9 Å². The molecule has 7 heteroatoms. The zero-order valence-corrected chi connectivity index (χ0v) is 17.2. The van der Waals surface area contributed by atoms with E-state index in [0.29, 0.717) is 22.4 Å². The molecular weight excluding hydrogens is 394 g/mol. The number of benzene rings is 2. The van der Waals surface area contributed by atoms with Gasteiger partial charge in [-0.3, -0.25) is 4.79 Å². The van der Waals surface area contributed by atoms with Gasteiger partial charge >= 0.3 is 0 Å². The number of carbonyl (C=O) groups is 1. The number of methoxy groups -OCH3 is 1. The summed E-state index contributed by atoms with van der Waals surface area (Å²) in [5.74, 6) is 1.80. The lowest BCUT2D eigenvalue weighted by Crippen LogP contribution is -2.22. The van der Waals surface area contributed by atoms with Crippen LogP contribution in [-0.4, -0.2) is 28.2 Å². The van der Waals surface area contributed by atoms with Crippen LogP contribution in [0, 0.1) is 0 Å². The van der Waals surface area contributed by atoms with Gasteiger partial charge in [0, 0.05) is 17.0 Å². The van der Waals surface area contributed by atoms with E-state index in [1.807, 2.05) is 31.2 Å². The van der Waals surface area contributed by atoms with Crippen molar-refractivity contribution in [3.8, 4) is 5.75 Å². The number of hydrogen-bond donors (Lipinski definition) is 1. The van der Waals surface area contributed by atoms with Crippen LogP contribution in [0.1, 0.15) is 31.5 Å². The van der Waals surface area contributed by atoms with E-state index in [0.717, 1.165) is 34.6 Å². The van der Waals surface area contributed by atoms with E-state index < -0.39 is 0 Å². The molecule has 1 heterocycles. The molecule has 1 N–H and O–H groups in total. The Morgan fingerprint density at radius 1 is 1.25 bits per heavy atom. The Bertz CT molecular complexity index is 1040. The highest BCUT2D eigenvalue weighted by Gasteiger charge is 2.28. The van der Waals surface area contributed by atoms with Crippen LogP contribution in [0.5, 0.6) is 5.75 Å². The normalized spacial score (nSPS) is 14.7. The molecule has 0 radical (unpaired) electrons. The van der Waals surface area contributed by atoms with Gasteiger partial charge in [0.05, 0.1) is 22.9 Å². The van der Waals surface area contributed by atoms with Gasteiger partial charge in [-0.15, -0.1) is 0 Å². The number of amides is 1. The first-order chi connectivity index (χ1) is 13.5. The number of aromatic nitrogens is 2. The first-order valence-electron chi connectivity index (χ1n) is 9.13. The van der Waals surface area contributed by atoms with Gasteiger partial charge in [-0.1, -0.05) is 41.6 Å². The molecule has 1 atom stereocenters. The molecule has 1 unspecified atom stereocenters. The van der Waals surface area contributed by atoms with Crippen molar-refractivity contribution in [1.29, 1.82) is 0 Å². The molecule has 144 valence electrons. The minimum Gasteiger partial charge on any atom is -0.495 e. The summed E-state index contributed by atoms with van der Waals surface area (Å²) in [6.07, 6.45) is 2.27. The largest absolute Gasteiger partial charge is 0.495 e. The molecule has 5 nitrogen and oxygen atoms in total. The Morgan fingerprint density at radius 2 is 2.04 bits per heavy atom. The first-order valence-corrected chi connectivity index (χ1v) is 10.4. The second-order valence-electron chi connectivity index (χ2n) is 6.78. The smallest absolute Gasteiger partial charge is 0.237 e. The molecule has 0 saturated heterocycles. The van der Waals surface area contributed by atoms with E-state index in [4.69, 9.17) is 26.3 Å². The Hall–Kier alpha value is -2.31. The number of thioether (sulfide) groups is 1. The molecule has 0 spiro atoms. The number of fused-ring (bicyclic) bond motifs is 1. The van der Waals surface area contributed by atoms with Crippen molar-refractivity contribution in [1.82, 2.24) is 9.97 Å². The highest BCUT2D eigenvalue weighted by Crippen LogP contribution is 2.40. The van der Waals surface area contributed by atoms with Crippen LogP contribution in [0.2, 0.25) is 5.02 Å². The van der Waals surface area contributed by atoms with Gasteiger partial charge in [0.15, 0.2) is 0 Å². The van der Waals surface area contributed by atoms with Crippen molar-refractivity contribution in [2.75, 3.05) is 12.4 Å². The van der Waals surface area contributed by atoms with Crippen LogP contribution in [-0.2, 0) is 4.79 Å². The fraction of sp³-hybridized carbons (Fsp3) is 0.286. The summed E-state index contributed by atoms with van der Waals surface area (Å²) >= 11 is 7.59. The Balaban J connectivity index is 1.53. The van der Waals surface area contributed by atoms with Crippen LogP contribution in [0.4, 0.5) is 5.69 Å². The van der Waals surface area contributed by atoms with E-state index in [1.165, 1.54) is 11.8 Å². The summed E-state index contributed by atoms with van der Waals surface area (Å²) < 4.78 is 5.14. The first kappa shape index (κ1) is 19.0. The lowest BCUT2D eigenvalue weighted by Gasteiger charge is -2.14. The van der Waals surface area contributed by atoms with Crippen LogP contribution < -0.4 is 10.1 Å². The predicted octanol–water partition coefficient (Wildman–Crippen LogP) is 5.29. The fourth-order valence-electron chi connectivity index (χ4n) is 2.89. The van der Waals surface area contributed by atoms with Crippen LogP contribution >= 0.6 is 23.4 Å². The number of nitrogens with one attached hydrogen (secondary N) is 1. The summed E-state index contributed by atoms with van der Waals surface area (Å²) in [5, 5.41) is 4.86. The Morgan fingerprint density at radius 3 is 2.75 bits per heavy atom. The molecular formula is C21H20ClN3O2S. The van der Waals surface area contributed by atoms with Gasteiger partial charge in [0.25, 0.3) is 0 Å². The maximum absolute atomic E-state index is 12.7. The average Bonchev–Trinajstić information content (AvgIpc) is 3.53. The predicted molar refractivity (Wildman–Crippen MR) is 113 cm³/mol. The van der Waals surface area contributed by atoms with E-state index in [1.54, 1.807) is 25.3 Å². The molecule has 3 aromatic rings. The van der Waals surface area contributed by atoms with Crippen molar-refractivity contribution in [2.45, 2.75) is 36.0 Å². The number of nitrogens with zero attached hydrogens (tertiary/aromatic N) is 2. The second kappa shape index (κ2) is 7.97. The van der Waals surface area contributed by atoms with E-state index >= 15 is 0 Å². The third kappa shape index (κ3) is 4.08. The Kier molecular flexibility index (Phi) is 5.42. The number of carbonyl (C=O) groups excluding carboxylic acids is 1. The minimum absolute atomic E-state index is 0.109. The third-order valence-electron chi connectivity index (χ3n) is 4.61. The summed E-state index contributed by atoms with van der Waals surface area (Å²) in [5.41, 5.74) is 1.56. The number of para-hydroxylation sites is 1. The molecule has 4 rings (SSSR count). The molecule has 2 aromatic carbocycles. The molecule has 1 aromatic heterocycles. The summed E-state index contributed by atoms with van der Waals surface area (Å²) in [4.78, 5) is 22.2. The van der Waals surface area contributed by atoms with E-state index in [9.17, 15) is 4.79 Å². The second-order valence-corrected chi connectivity index (χ2v) is 8.51. The molecule has 28 heavy (non-hydrogen) atoms. The number of halogens is 1. The Labute approximate surface area is 172 Å². The lowest BCUT2D eigenvalue weighted by molar-refractivity contribution is -0.115. The topological polar surface area (TPSA) is 64.1 Å². The van der Waals surface area contributed by atoms with Crippen molar-refractivity contribution in [3.05, 3.63) is 53.3 Å². The molecule has 1 amide bonds. The van der Waals surface area contributed by atoms with Gasteiger partial charge in [0.2, 0.25) is 5.91 Å². The van der Waals surface area contributed by atoms with Crippen molar-refractivity contribution < 1.29 is 9.53 Å². The van der Waals surface area contributed by atoms with Gasteiger partial charge in [-0.25, -0.2) is 9.97 Å². The molecule has 0 aliphatic heterocycles. The maximum atomic E-state index is 12.7. The van der Waals surface area contributed by atoms with E-state index in [2.05, 4.69) is 5.32 Å². The zero-order chi connectivity index (χ0) is 19.7. The fourth-order valence-corrected chi connectivity index (χ4v) is 4.09. The number of rotatable bonds is 6. The van der Waals surface area contributed by atoms with Crippen LogP contribution in [0.25, 0.3) is 10.9 Å². The molecule has 1 saturated carbocycles. The molecule has 1 aliphatic carbocycles. The zero-order valence-electron chi connectivity index (χ0n) is 15.6. The van der Waals surface area contributed by atoms with Gasteiger partial charge < -0.3 is 10.1 Å². The highest BCUT2D eigenvalue weighted by molar-refractivity contribution is 8.00. The number of hydrogen-bond acceptors (Lipinski definition) is 5. The average molecular weight is 414 g/mol. The van der Waals surface area contributed by atoms with E-state index in [-0.39, 0.29) is 11.2 Å². The summed E-state index contributed by atoms with van der Waals surface area (Å²) in [7, 11) is 1.56. The minimum atomic E-state index is -0.328. The van der Waals surface area contributed by atoms with Crippen LogP contribution in [0.15, 0.2) is 47.5 Å². The molecule has 1 aliphatic rings. The summed E-state index contributed by atoms with van der Waals surface area (Å²) in [6.45, 7) is 1.87. The number of anilines is 1. The van der Waals surface area contributed by atoms with Crippen LogP contribution in [0.3, 0.4) is 0 Å². The van der Waals surface area contributed by atoms with Crippen molar-refractivity contribution in [3.63, 3.8) is 0 Å². The highest BCUT2D eigenvalue weighted by atomic mass is 35.5. The maximum Gasteiger partial charge on any atom is 0.237 e. The standard InChI is InChI=1S/C21H20ClN3O2S/c1-12(20(26)23-14-9-10-18(27-2)16(22)11-14)28-21-15-5-3-4-6-17(15)24-19(25-21)13-7-8-13/h3-6,9-13H,7-8H2,1-2H3,(H,23,26). The lowest BCUT2D eigenvalue weighted by atomic mass is 10.2. The quantitative estimate of drug-likeness (QED) is 0.439.